The molecule has 13 heavy (non-hydrogen) atoms. The molecule has 0 aromatic heterocycles. The van der Waals surface area contributed by atoms with E-state index < -0.39 is 6.29 Å². The molecule has 1 fully saturated rings. The van der Waals surface area contributed by atoms with Crippen LogP contribution in [0.15, 0.2) is 0 Å². The van der Waals surface area contributed by atoms with Gasteiger partial charge in [0.2, 0.25) is 0 Å². The first-order valence-corrected chi connectivity index (χ1v) is 4.85. The molecule has 0 aromatic rings. The predicted octanol–water partition coefficient (Wildman–Crippen LogP) is 1.20. The van der Waals surface area contributed by atoms with Gasteiger partial charge in [0.05, 0.1) is 6.10 Å². The minimum Gasteiger partial charge on any atom is -0.368 e. The summed E-state index contributed by atoms with van der Waals surface area (Å²) in [6.07, 6.45) is 0.987. The van der Waals surface area contributed by atoms with E-state index in [4.69, 9.17) is 4.74 Å². The topological polar surface area (TPSA) is 46.5 Å². The molecule has 1 aliphatic rings. The molecular formula is C10H18O3. The number of hydrogen-bond donors (Lipinski definition) is 1. The van der Waals surface area contributed by atoms with Crippen molar-refractivity contribution in [2.24, 2.45) is 17.8 Å². The fourth-order valence-electron chi connectivity index (χ4n) is 1.99. The van der Waals surface area contributed by atoms with Crippen LogP contribution in [0.1, 0.15) is 27.2 Å². The first-order chi connectivity index (χ1) is 6.06. The Bertz CT molecular complexity index is 181. The Morgan fingerprint density at radius 3 is 2.62 bits per heavy atom. The van der Waals surface area contributed by atoms with Crippen molar-refractivity contribution in [3.63, 3.8) is 0 Å². The second-order valence-electron chi connectivity index (χ2n) is 4.18. The van der Waals surface area contributed by atoms with Gasteiger partial charge >= 0.3 is 0 Å². The third kappa shape index (κ3) is 2.29. The second kappa shape index (κ2) is 4.20. The Morgan fingerprint density at radius 2 is 2.08 bits per heavy atom. The van der Waals surface area contributed by atoms with E-state index in [0.29, 0.717) is 5.92 Å². The molecule has 1 aliphatic heterocycles. The third-order valence-corrected chi connectivity index (χ3v) is 2.82. The standard InChI is InChI=1S/C10H18O3/c1-6-4-7(2)10(12)13-9(6)8(3)5-11/h5-10,12H,4H2,1-3H3. The SMILES string of the molecule is CC(C=O)C1OC(O)C(C)CC1C. The molecule has 0 amide bonds. The second-order valence-corrected chi connectivity index (χ2v) is 4.18. The van der Waals surface area contributed by atoms with E-state index in [2.05, 4.69) is 6.92 Å². The van der Waals surface area contributed by atoms with Gasteiger partial charge in [0.15, 0.2) is 6.29 Å². The Morgan fingerprint density at radius 1 is 1.46 bits per heavy atom. The molecule has 3 nitrogen and oxygen atoms in total. The lowest BCUT2D eigenvalue weighted by atomic mass is 9.84. The van der Waals surface area contributed by atoms with Crippen LogP contribution in [-0.4, -0.2) is 23.8 Å². The number of carbonyl (C=O) groups excluding carboxylic acids is 1. The highest BCUT2D eigenvalue weighted by Gasteiger charge is 2.35. The summed E-state index contributed by atoms with van der Waals surface area (Å²) in [6, 6.07) is 0. The molecule has 0 spiro atoms. The Labute approximate surface area is 79.1 Å². The number of aldehydes is 1. The largest absolute Gasteiger partial charge is 0.368 e. The van der Waals surface area contributed by atoms with E-state index in [1.165, 1.54) is 0 Å². The van der Waals surface area contributed by atoms with Crippen LogP contribution in [0.25, 0.3) is 0 Å². The lowest BCUT2D eigenvalue weighted by Gasteiger charge is -2.38. The smallest absolute Gasteiger partial charge is 0.157 e. The maximum atomic E-state index is 10.6. The van der Waals surface area contributed by atoms with E-state index in [0.717, 1.165) is 12.7 Å². The number of ether oxygens (including phenoxy) is 1. The molecule has 1 N–H and O–H groups in total. The summed E-state index contributed by atoms with van der Waals surface area (Å²) in [5, 5.41) is 9.47. The molecule has 0 aromatic carbocycles. The van der Waals surface area contributed by atoms with Gasteiger partial charge in [-0.3, -0.25) is 0 Å². The summed E-state index contributed by atoms with van der Waals surface area (Å²) in [5.74, 6) is 0.390. The van der Waals surface area contributed by atoms with Gasteiger partial charge in [0.25, 0.3) is 0 Å². The van der Waals surface area contributed by atoms with Gasteiger partial charge in [0, 0.05) is 11.8 Å². The molecule has 5 atom stereocenters. The minimum atomic E-state index is -0.705. The summed E-state index contributed by atoms with van der Waals surface area (Å²) in [6.45, 7) is 5.85. The highest BCUT2D eigenvalue weighted by molar-refractivity contribution is 5.53. The summed E-state index contributed by atoms with van der Waals surface area (Å²) in [5.41, 5.74) is 0. The number of hydrogen-bond acceptors (Lipinski definition) is 3. The highest BCUT2D eigenvalue weighted by atomic mass is 16.6. The van der Waals surface area contributed by atoms with Gasteiger partial charge in [-0.2, -0.15) is 0 Å². The lowest BCUT2D eigenvalue weighted by molar-refractivity contribution is -0.216. The molecule has 0 aliphatic carbocycles. The molecule has 76 valence electrons. The average Bonchev–Trinajstić information content (AvgIpc) is 2.10. The van der Waals surface area contributed by atoms with Gasteiger partial charge in [-0.1, -0.05) is 20.8 Å². The van der Waals surface area contributed by atoms with Crippen LogP contribution in [0.2, 0.25) is 0 Å². The van der Waals surface area contributed by atoms with Crippen molar-refractivity contribution in [3.05, 3.63) is 0 Å². The van der Waals surface area contributed by atoms with E-state index in [-0.39, 0.29) is 17.9 Å². The summed E-state index contributed by atoms with van der Waals surface area (Å²) >= 11 is 0. The number of rotatable bonds is 2. The van der Waals surface area contributed by atoms with Crippen LogP contribution in [-0.2, 0) is 9.53 Å². The first kappa shape index (κ1) is 10.7. The van der Waals surface area contributed by atoms with E-state index in [1.54, 1.807) is 0 Å². The monoisotopic (exact) mass is 186 g/mol. The molecule has 1 saturated heterocycles. The first-order valence-electron chi connectivity index (χ1n) is 4.85. The van der Waals surface area contributed by atoms with Crippen LogP contribution in [0.4, 0.5) is 0 Å². The van der Waals surface area contributed by atoms with E-state index in [1.807, 2.05) is 13.8 Å². The fourth-order valence-corrected chi connectivity index (χ4v) is 1.99. The molecule has 0 saturated carbocycles. The Kier molecular flexibility index (Phi) is 3.45. The molecule has 5 unspecified atom stereocenters. The van der Waals surface area contributed by atoms with Gasteiger partial charge in [0.1, 0.15) is 6.29 Å². The zero-order valence-electron chi connectivity index (χ0n) is 8.43. The molecular weight excluding hydrogens is 168 g/mol. The van der Waals surface area contributed by atoms with Crippen molar-refractivity contribution in [2.75, 3.05) is 0 Å². The van der Waals surface area contributed by atoms with Crippen LogP contribution in [0.5, 0.6) is 0 Å². The van der Waals surface area contributed by atoms with Crippen molar-refractivity contribution >= 4 is 6.29 Å². The maximum absolute atomic E-state index is 10.6. The Balaban J connectivity index is 2.60. The molecule has 0 radical (unpaired) electrons. The summed E-state index contributed by atoms with van der Waals surface area (Å²) < 4.78 is 5.39. The maximum Gasteiger partial charge on any atom is 0.157 e. The Hall–Kier alpha value is -0.410. The van der Waals surface area contributed by atoms with Gasteiger partial charge in [-0.15, -0.1) is 0 Å². The number of aliphatic hydroxyl groups excluding tert-OH is 1. The van der Waals surface area contributed by atoms with Crippen LogP contribution >= 0.6 is 0 Å². The lowest BCUT2D eigenvalue weighted by Crippen LogP contribution is -2.42. The van der Waals surface area contributed by atoms with Crippen molar-refractivity contribution in [3.8, 4) is 0 Å². The van der Waals surface area contributed by atoms with Gasteiger partial charge in [-0.25, -0.2) is 0 Å². The van der Waals surface area contributed by atoms with Crippen LogP contribution in [0, 0.1) is 17.8 Å². The van der Waals surface area contributed by atoms with Crippen LogP contribution < -0.4 is 0 Å². The number of carbonyl (C=O) groups is 1. The molecule has 0 bridgehead atoms. The molecule has 1 rings (SSSR count). The summed E-state index contributed by atoms with van der Waals surface area (Å²) in [4.78, 5) is 10.6. The zero-order valence-corrected chi connectivity index (χ0v) is 8.43. The summed E-state index contributed by atoms with van der Waals surface area (Å²) in [7, 11) is 0. The predicted molar refractivity (Wildman–Crippen MR) is 49.1 cm³/mol. The molecule has 3 heteroatoms. The molecule has 1 heterocycles. The van der Waals surface area contributed by atoms with E-state index >= 15 is 0 Å². The van der Waals surface area contributed by atoms with Gasteiger partial charge in [-0.05, 0) is 12.3 Å². The normalized spacial score (nSPS) is 42.8. The minimum absolute atomic E-state index is 0.122. The van der Waals surface area contributed by atoms with Crippen molar-refractivity contribution < 1.29 is 14.6 Å². The fraction of sp³-hybridized carbons (Fsp3) is 0.900. The van der Waals surface area contributed by atoms with Crippen LogP contribution in [0.3, 0.4) is 0 Å². The third-order valence-electron chi connectivity index (χ3n) is 2.82. The average molecular weight is 186 g/mol. The van der Waals surface area contributed by atoms with Crippen molar-refractivity contribution in [1.29, 1.82) is 0 Å². The zero-order chi connectivity index (χ0) is 10.0. The number of aliphatic hydroxyl groups is 1. The van der Waals surface area contributed by atoms with E-state index in [9.17, 15) is 9.90 Å². The van der Waals surface area contributed by atoms with Gasteiger partial charge < -0.3 is 14.6 Å². The van der Waals surface area contributed by atoms with Crippen molar-refractivity contribution in [1.82, 2.24) is 0 Å². The quantitative estimate of drug-likeness (QED) is 0.659. The van der Waals surface area contributed by atoms with Crippen molar-refractivity contribution in [2.45, 2.75) is 39.6 Å². The highest BCUT2D eigenvalue weighted by Crippen LogP contribution is 2.31.